The predicted octanol–water partition coefficient (Wildman–Crippen LogP) is 3.69. The topological polar surface area (TPSA) is 67.2 Å². The van der Waals surface area contributed by atoms with Gasteiger partial charge in [-0.3, -0.25) is 14.3 Å². The molecule has 152 valence electrons. The Balaban J connectivity index is 1.98. The average molecular weight is 403 g/mol. The molecule has 6 nitrogen and oxygen atoms in total. The van der Waals surface area contributed by atoms with Crippen LogP contribution in [-0.4, -0.2) is 44.8 Å². The highest BCUT2D eigenvalue weighted by atomic mass is 32.2. The monoisotopic (exact) mass is 402 g/mol. The fourth-order valence-corrected chi connectivity index (χ4v) is 3.40. The van der Waals surface area contributed by atoms with Crippen LogP contribution in [0.15, 0.2) is 41.3 Å². The highest BCUT2D eigenvalue weighted by Gasteiger charge is 2.23. The van der Waals surface area contributed by atoms with E-state index in [2.05, 4.69) is 31.2 Å². The number of nitrogens with one attached hydrogen (secondary N) is 1. The summed E-state index contributed by atoms with van der Waals surface area (Å²) in [6.07, 6.45) is 0. The first kappa shape index (κ1) is 22.0. The molecule has 0 aliphatic heterocycles. The lowest BCUT2D eigenvalue weighted by Gasteiger charge is -2.26. The van der Waals surface area contributed by atoms with Gasteiger partial charge in [-0.1, -0.05) is 39.0 Å². The number of hydrogen-bond donors (Lipinski definition) is 1. The van der Waals surface area contributed by atoms with Gasteiger partial charge in [-0.05, 0) is 26.0 Å². The number of carbonyl (C=O) groups excluding carboxylic acids is 2. The second kappa shape index (κ2) is 9.28. The molecule has 0 aliphatic rings. The van der Waals surface area contributed by atoms with Crippen molar-refractivity contribution >= 4 is 29.4 Å². The number of carbonyl (C=O) groups is 2. The molecule has 28 heavy (non-hydrogen) atoms. The van der Waals surface area contributed by atoms with Crippen LogP contribution in [0.2, 0.25) is 0 Å². The van der Waals surface area contributed by atoms with Crippen LogP contribution in [0.4, 0.5) is 5.82 Å². The lowest BCUT2D eigenvalue weighted by Crippen LogP contribution is -2.43. The number of hydrogen-bond acceptors (Lipinski definition) is 4. The minimum Gasteiger partial charge on any atom is -0.330 e. The number of rotatable bonds is 7. The van der Waals surface area contributed by atoms with E-state index in [9.17, 15) is 9.59 Å². The maximum absolute atomic E-state index is 12.7. The van der Waals surface area contributed by atoms with E-state index in [0.717, 1.165) is 10.6 Å². The number of nitrogens with zero attached hydrogens (tertiary/aromatic N) is 3. The Kier molecular flexibility index (Phi) is 7.29. The zero-order valence-corrected chi connectivity index (χ0v) is 18.3. The van der Waals surface area contributed by atoms with Gasteiger partial charge in [-0.15, -0.1) is 11.8 Å². The normalized spacial score (nSPS) is 11.5. The van der Waals surface area contributed by atoms with Crippen LogP contribution in [0.5, 0.6) is 0 Å². The van der Waals surface area contributed by atoms with Crippen molar-refractivity contribution in [2.75, 3.05) is 17.6 Å². The first-order valence-electron chi connectivity index (χ1n) is 9.39. The van der Waals surface area contributed by atoms with Gasteiger partial charge in [-0.25, -0.2) is 0 Å². The van der Waals surface area contributed by atoms with E-state index in [4.69, 9.17) is 0 Å². The molecule has 2 aromatic rings. The number of thioether (sulfide) groups is 1. The highest BCUT2D eigenvalue weighted by Crippen LogP contribution is 2.23. The number of aryl methyl sites for hydroxylation is 1. The summed E-state index contributed by atoms with van der Waals surface area (Å²) in [6, 6.07) is 11.6. The van der Waals surface area contributed by atoms with Crippen LogP contribution < -0.4 is 5.32 Å². The summed E-state index contributed by atoms with van der Waals surface area (Å²) in [5, 5.41) is 7.34. The maximum Gasteiger partial charge on any atom is 0.245 e. The predicted molar refractivity (Wildman–Crippen MR) is 115 cm³/mol. The zero-order chi connectivity index (χ0) is 20.9. The third-order valence-electron chi connectivity index (χ3n) is 4.28. The summed E-state index contributed by atoms with van der Waals surface area (Å²) in [7, 11) is 1.80. The molecule has 0 unspecified atom stereocenters. The van der Waals surface area contributed by atoms with Gasteiger partial charge in [0.05, 0.1) is 11.4 Å². The van der Waals surface area contributed by atoms with Crippen LogP contribution in [0, 0.1) is 0 Å². The van der Waals surface area contributed by atoms with Gasteiger partial charge in [0, 0.05) is 29.5 Å². The smallest absolute Gasteiger partial charge is 0.245 e. The van der Waals surface area contributed by atoms with Gasteiger partial charge in [0.25, 0.3) is 0 Å². The van der Waals surface area contributed by atoms with E-state index in [-0.39, 0.29) is 29.8 Å². The summed E-state index contributed by atoms with van der Waals surface area (Å²) in [5.41, 5.74) is 0.802. The van der Waals surface area contributed by atoms with Crippen LogP contribution in [0.25, 0.3) is 0 Å². The number of aromatic nitrogens is 2. The number of benzene rings is 1. The van der Waals surface area contributed by atoms with Gasteiger partial charge in [0.2, 0.25) is 11.8 Å². The molecule has 1 N–H and O–H groups in total. The summed E-state index contributed by atoms with van der Waals surface area (Å²) >= 11 is 1.48. The minimum absolute atomic E-state index is 0.0158. The molecule has 0 saturated carbocycles. The second-order valence-electron chi connectivity index (χ2n) is 8.05. The second-order valence-corrected chi connectivity index (χ2v) is 9.10. The molecular formula is C21H30N4O2S. The molecule has 1 aromatic heterocycles. The van der Waals surface area contributed by atoms with E-state index in [1.54, 1.807) is 16.6 Å². The molecule has 0 spiro atoms. The lowest BCUT2D eigenvalue weighted by atomic mass is 9.92. The molecule has 0 aliphatic carbocycles. The molecule has 0 fully saturated rings. The Labute approximate surface area is 171 Å². The third-order valence-corrected chi connectivity index (χ3v) is 5.28. The lowest BCUT2D eigenvalue weighted by molar-refractivity contribution is -0.134. The van der Waals surface area contributed by atoms with Gasteiger partial charge < -0.3 is 10.2 Å². The average Bonchev–Trinajstić information content (AvgIpc) is 2.99. The van der Waals surface area contributed by atoms with Gasteiger partial charge >= 0.3 is 0 Å². The molecule has 7 heteroatoms. The fraction of sp³-hybridized carbons (Fsp3) is 0.476. The Morgan fingerprint density at radius 3 is 2.39 bits per heavy atom. The Morgan fingerprint density at radius 1 is 1.21 bits per heavy atom. The summed E-state index contributed by atoms with van der Waals surface area (Å²) < 4.78 is 1.66. The van der Waals surface area contributed by atoms with E-state index in [1.807, 2.05) is 50.2 Å². The van der Waals surface area contributed by atoms with Gasteiger partial charge in [0.15, 0.2) is 0 Å². The first-order chi connectivity index (χ1) is 13.1. The van der Waals surface area contributed by atoms with Crippen molar-refractivity contribution in [2.45, 2.75) is 51.0 Å². The molecule has 0 saturated heterocycles. The fourth-order valence-electron chi connectivity index (χ4n) is 2.59. The SMILES string of the molecule is CC(C)N(CC(=O)Nc1cc(C(C)(C)C)nn1C)C(=O)CSc1ccccc1. The highest BCUT2D eigenvalue weighted by molar-refractivity contribution is 8.00. The van der Waals surface area contributed by atoms with Crippen molar-refractivity contribution in [1.29, 1.82) is 0 Å². The maximum atomic E-state index is 12.7. The standard InChI is InChI=1S/C21H30N4O2S/c1-15(2)25(20(27)14-28-16-10-8-7-9-11-16)13-19(26)22-18-12-17(21(3,4)5)23-24(18)6/h7-12,15H,13-14H2,1-6H3,(H,22,26). The van der Waals surface area contributed by atoms with Crippen molar-refractivity contribution in [1.82, 2.24) is 14.7 Å². The molecule has 2 amide bonds. The Bertz CT molecular complexity index is 810. The van der Waals surface area contributed by atoms with Crippen molar-refractivity contribution < 1.29 is 9.59 Å². The van der Waals surface area contributed by atoms with Crippen LogP contribution in [0.3, 0.4) is 0 Å². The number of amides is 2. The molecule has 1 heterocycles. The quantitative estimate of drug-likeness (QED) is 0.718. The van der Waals surface area contributed by atoms with Crippen molar-refractivity contribution in [3.8, 4) is 0 Å². The summed E-state index contributed by atoms with van der Waals surface area (Å²) in [4.78, 5) is 27.9. The molecule has 0 radical (unpaired) electrons. The van der Waals surface area contributed by atoms with Gasteiger partial charge in [0.1, 0.15) is 12.4 Å². The van der Waals surface area contributed by atoms with E-state index in [1.165, 1.54) is 11.8 Å². The van der Waals surface area contributed by atoms with E-state index in [0.29, 0.717) is 11.6 Å². The molecule has 1 aromatic carbocycles. The van der Waals surface area contributed by atoms with Crippen molar-refractivity contribution in [3.05, 3.63) is 42.1 Å². The summed E-state index contributed by atoms with van der Waals surface area (Å²) in [6.45, 7) is 10.1. The zero-order valence-electron chi connectivity index (χ0n) is 17.5. The van der Waals surface area contributed by atoms with Gasteiger partial charge in [-0.2, -0.15) is 5.10 Å². The Hall–Kier alpha value is -2.28. The van der Waals surface area contributed by atoms with Crippen molar-refractivity contribution in [3.63, 3.8) is 0 Å². The summed E-state index contributed by atoms with van der Waals surface area (Å²) in [5.74, 6) is 0.648. The molecular weight excluding hydrogens is 372 g/mol. The molecule has 0 atom stereocenters. The minimum atomic E-state index is -0.227. The van der Waals surface area contributed by atoms with Crippen LogP contribution in [-0.2, 0) is 22.1 Å². The van der Waals surface area contributed by atoms with Crippen LogP contribution >= 0.6 is 11.8 Å². The van der Waals surface area contributed by atoms with Crippen molar-refractivity contribution in [2.24, 2.45) is 7.05 Å². The molecule has 0 bridgehead atoms. The van der Waals surface area contributed by atoms with Crippen LogP contribution in [0.1, 0.15) is 40.3 Å². The molecule has 2 rings (SSSR count). The van der Waals surface area contributed by atoms with E-state index < -0.39 is 0 Å². The Morgan fingerprint density at radius 2 is 1.86 bits per heavy atom. The first-order valence-corrected chi connectivity index (χ1v) is 10.4. The number of anilines is 1. The van der Waals surface area contributed by atoms with E-state index >= 15 is 0 Å². The largest absolute Gasteiger partial charge is 0.330 e. The third kappa shape index (κ3) is 6.12.